The number of anilines is 1. The molecule has 8 heteroatoms. The first-order chi connectivity index (χ1) is 9.77. The Morgan fingerprint density at radius 2 is 2.10 bits per heavy atom. The molecule has 1 aromatic heterocycles. The molecule has 5 nitrogen and oxygen atoms in total. The van der Waals surface area contributed by atoms with Gasteiger partial charge in [0, 0.05) is 11.8 Å². The average Bonchev–Trinajstić information content (AvgIpc) is 2.88. The molecule has 3 N–H and O–H groups in total. The lowest BCUT2D eigenvalue weighted by Gasteiger charge is -2.08. The molecule has 0 aliphatic heterocycles. The lowest BCUT2D eigenvalue weighted by molar-refractivity contribution is -0.137. The summed E-state index contributed by atoms with van der Waals surface area (Å²) in [5.74, 6) is -0.367. The zero-order valence-electron chi connectivity index (χ0n) is 10.9. The topological polar surface area (TPSA) is 81.2 Å². The van der Waals surface area contributed by atoms with E-state index >= 15 is 0 Å². The van der Waals surface area contributed by atoms with Gasteiger partial charge in [-0.05, 0) is 25.1 Å². The molecule has 0 aliphatic rings. The van der Waals surface area contributed by atoms with E-state index in [9.17, 15) is 18.0 Å². The predicted molar refractivity (Wildman–Crippen MR) is 68.5 cm³/mol. The second-order valence-electron chi connectivity index (χ2n) is 4.44. The first-order valence-corrected chi connectivity index (χ1v) is 5.98. The third-order valence-electron chi connectivity index (χ3n) is 2.66. The Bertz CT molecular complexity index is 650. The van der Waals surface area contributed by atoms with Crippen LogP contribution in [-0.4, -0.2) is 11.1 Å². The third kappa shape index (κ3) is 3.60. The van der Waals surface area contributed by atoms with Crippen LogP contribution in [0, 0.1) is 0 Å². The molecule has 0 saturated carbocycles. The van der Waals surface area contributed by atoms with Gasteiger partial charge in [0.15, 0.2) is 11.5 Å². The van der Waals surface area contributed by atoms with Crippen molar-refractivity contribution in [3.05, 3.63) is 47.3 Å². The van der Waals surface area contributed by atoms with Crippen LogP contribution >= 0.6 is 0 Å². The number of alkyl halides is 3. The lowest BCUT2D eigenvalue weighted by Crippen LogP contribution is -2.13. The van der Waals surface area contributed by atoms with Crippen molar-refractivity contribution in [2.24, 2.45) is 5.73 Å². The van der Waals surface area contributed by atoms with Crippen molar-refractivity contribution in [1.29, 1.82) is 0 Å². The first kappa shape index (κ1) is 15.0. The van der Waals surface area contributed by atoms with Crippen molar-refractivity contribution in [2.75, 3.05) is 5.32 Å². The summed E-state index contributed by atoms with van der Waals surface area (Å²) in [6, 6.07) is 5.21. The van der Waals surface area contributed by atoms with Crippen LogP contribution in [0.5, 0.6) is 0 Å². The maximum Gasteiger partial charge on any atom is 0.416 e. The van der Waals surface area contributed by atoms with Gasteiger partial charge in [0.05, 0.1) is 11.6 Å². The molecule has 0 radical (unpaired) electrons. The maximum absolute atomic E-state index is 12.6. The van der Waals surface area contributed by atoms with Crippen LogP contribution in [0.4, 0.5) is 18.9 Å². The van der Waals surface area contributed by atoms with Gasteiger partial charge in [-0.3, -0.25) is 4.79 Å². The standard InChI is InChI=1S/C13H12F3N3O2/c1-7(17)11-6-10(19-21-11)12(20)18-9-4-2-3-8(5-9)13(14,15)16/h2-7H,17H2,1H3,(H,18,20)/t7-/m1/s1. The van der Waals surface area contributed by atoms with Gasteiger partial charge in [-0.15, -0.1) is 0 Å². The van der Waals surface area contributed by atoms with Crippen LogP contribution in [0.3, 0.4) is 0 Å². The molecule has 0 spiro atoms. The van der Waals surface area contributed by atoms with Gasteiger partial charge < -0.3 is 15.6 Å². The minimum absolute atomic E-state index is 0.0140. The number of amides is 1. The number of nitrogens with one attached hydrogen (secondary N) is 1. The summed E-state index contributed by atoms with van der Waals surface area (Å²) in [4.78, 5) is 11.9. The normalized spacial score (nSPS) is 13.0. The predicted octanol–water partition coefficient (Wildman–Crippen LogP) is 2.97. The van der Waals surface area contributed by atoms with E-state index in [1.54, 1.807) is 6.92 Å². The number of aromatic nitrogens is 1. The van der Waals surface area contributed by atoms with Crippen molar-refractivity contribution in [1.82, 2.24) is 5.16 Å². The SMILES string of the molecule is C[C@@H](N)c1cc(C(=O)Nc2cccc(C(F)(F)F)c2)no1. The Labute approximate surface area is 117 Å². The van der Waals surface area contributed by atoms with Crippen LogP contribution in [0.25, 0.3) is 0 Å². The van der Waals surface area contributed by atoms with Crippen LogP contribution in [-0.2, 0) is 6.18 Å². The number of hydrogen-bond acceptors (Lipinski definition) is 4. The molecule has 0 bridgehead atoms. The lowest BCUT2D eigenvalue weighted by atomic mass is 10.2. The highest BCUT2D eigenvalue weighted by Gasteiger charge is 2.30. The third-order valence-corrected chi connectivity index (χ3v) is 2.66. The smallest absolute Gasteiger partial charge is 0.359 e. The minimum atomic E-state index is -4.48. The van der Waals surface area contributed by atoms with Crippen molar-refractivity contribution in [2.45, 2.75) is 19.1 Å². The first-order valence-electron chi connectivity index (χ1n) is 5.98. The second-order valence-corrected chi connectivity index (χ2v) is 4.44. The molecule has 0 saturated heterocycles. The van der Waals surface area contributed by atoms with Gasteiger partial charge in [-0.25, -0.2) is 0 Å². The van der Waals surface area contributed by atoms with Gasteiger partial charge in [0.25, 0.3) is 5.91 Å². The molecule has 1 amide bonds. The van der Waals surface area contributed by atoms with Crippen LogP contribution in [0.15, 0.2) is 34.9 Å². The number of rotatable bonds is 3. The molecular weight excluding hydrogens is 287 g/mol. The van der Waals surface area contributed by atoms with Gasteiger partial charge in [0.2, 0.25) is 0 Å². The number of nitrogens with zero attached hydrogens (tertiary/aromatic N) is 1. The number of benzene rings is 1. The maximum atomic E-state index is 12.6. The van der Waals surface area contributed by atoms with E-state index in [1.165, 1.54) is 18.2 Å². The average molecular weight is 299 g/mol. The second kappa shape index (κ2) is 5.57. The molecule has 2 rings (SSSR count). The number of halogens is 3. The van der Waals surface area contributed by atoms with Gasteiger partial charge in [0.1, 0.15) is 0 Å². The largest absolute Gasteiger partial charge is 0.416 e. The van der Waals surface area contributed by atoms with Crippen molar-refractivity contribution in [3.8, 4) is 0 Å². The molecule has 0 aliphatic carbocycles. The highest BCUT2D eigenvalue weighted by Crippen LogP contribution is 2.30. The van der Waals surface area contributed by atoms with Crippen molar-refractivity contribution < 1.29 is 22.5 Å². The number of carbonyl (C=O) groups is 1. The summed E-state index contributed by atoms with van der Waals surface area (Å²) < 4.78 is 42.5. The molecular formula is C13H12F3N3O2. The summed E-state index contributed by atoms with van der Waals surface area (Å²) in [5.41, 5.74) is 4.66. The molecule has 112 valence electrons. The van der Waals surface area contributed by atoms with E-state index in [-0.39, 0.29) is 11.4 Å². The van der Waals surface area contributed by atoms with Crippen LogP contribution in [0.1, 0.15) is 34.8 Å². The zero-order chi connectivity index (χ0) is 15.6. The Morgan fingerprint density at radius 1 is 1.38 bits per heavy atom. The van der Waals surface area contributed by atoms with E-state index in [4.69, 9.17) is 10.3 Å². The summed E-state index contributed by atoms with van der Waals surface area (Å²) in [6.45, 7) is 1.65. The van der Waals surface area contributed by atoms with Gasteiger partial charge >= 0.3 is 6.18 Å². The van der Waals surface area contributed by atoms with E-state index < -0.39 is 23.7 Å². The van der Waals surface area contributed by atoms with Crippen LogP contribution < -0.4 is 11.1 Å². The Morgan fingerprint density at radius 3 is 2.67 bits per heavy atom. The summed E-state index contributed by atoms with van der Waals surface area (Å²) in [7, 11) is 0. The van der Waals surface area contributed by atoms with E-state index in [1.807, 2.05) is 0 Å². The fourth-order valence-corrected chi connectivity index (χ4v) is 1.58. The van der Waals surface area contributed by atoms with Crippen molar-refractivity contribution >= 4 is 11.6 Å². The highest BCUT2D eigenvalue weighted by molar-refractivity contribution is 6.02. The fraction of sp³-hybridized carbons (Fsp3) is 0.231. The van der Waals surface area contributed by atoms with Gasteiger partial charge in [-0.2, -0.15) is 13.2 Å². The highest BCUT2D eigenvalue weighted by atomic mass is 19.4. The number of carbonyl (C=O) groups excluding carboxylic acids is 1. The minimum Gasteiger partial charge on any atom is -0.359 e. The Balaban J connectivity index is 2.15. The van der Waals surface area contributed by atoms with Crippen molar-refractivity contribution in [3.63, 3.8) is 0 Å². The molecule has 1 heterocycles. The van der Waals surface area contributed by atoms with E-state index in [0.717, 1.165) is 12.1 Å². The van der Waals surface area contributed by atoms with Crippen LogP contribution in [0.2, 0.25) is 0 Å². The molecule has 1 atom stereocenters. The van der Waals surface area contributed by atoms with Gasteiger partial charge in [-0.1, -0.05) is 11.2 Å². The molecule has 21 heavy (non-hydrogen) atoms. The molecule has 0 unspecified atom stereocenters. The summed E-state index contributed by atoms with van der Waals surface area (Å²) in [6.07, 6.45) is -4.48. The van der Waals surface area contributed by atoms with E-state index in [0.29, 0.717) is 5.76 Å². The zero-order valence-corrected chi connectivity index (χ0v) is 10.9. The molecule has 0 fully saturated rings. The quantitative estimate of drug-likeness (QED) is 0.913. The Hall–Kier alpha value is -2.35. The molecule has 1 aromatic carbocycles. The van der Waals surface area contributed by atoms with E-state index in [2.05, 4.69) is 10.5 Å². The molecule has 2 aromatic rings. The number of nitrogens with two attached hydrogens (primary N) is 1. The number of hydrogen-bond donors (Lipinski definition) is 2. The Kier molecular flexibility index (Phi) is 3.99. The monoisotopic (exact) mass is 299 g/mol. The summed E-state index contributed by atoms with van der Waals surface area (Å²) >= 11 is 0. The fourth-order valence-electron chi connectivity index (χ4n) is 1.58. The summed E-state index contributed by atoms with van der Waals surface area (Å²) in [5, 5.41) is 5.84.